The van der Waals surface area contributed by atoms with Crippen LogP contribution in [0.5, 0.6) is 0 Å². The van der Waals surface area contributed by atoms with Gasteiger partial charge in [0.25, 0.3) is 0 Å². The first-order valence-corrected chi connectivity index (χ1v) is 4.29. The summed E-state index contributed by atoms with van der Waals surface area (Å²) < 4.78 is 15.7. The molecule has 0 saturated carbocycles. The van der Waals surface area contributed by atoms with Crippen molar-refractivity contribution in [2.75, 3.05) is 7.11 Å². The van der Waals surface area contributed by atoms with Crippen LogP contribution in [0.15, 0.2) is 30.3 Å². The number of rotatable bonds is 2. The Morgan fingerprint density at radius 3 is 2.27 bits per heavy atom. The average Bonchev–Trinajstić information content (AvgIpc) is 2.05. The molecule has 1 rings (SSSR count). The predicted octanol–water partition coefficient (Wildman–Crippen LogP) is 1.43. The first kappa shape index (κ1) is 11.0. The van der Waals surface area contributed by atoms with Crippen LogP contribution in [-0.4, -0.2) is 7.11 Å². The summed E-state index contributed by atoms with van der Waals surface area (Å²) in [7, 11) is -0.504. The summed E-state index contributed by atoms with van der Waals surface area (Å²) in [6.45, 7) is 0. The van der Waals surface area contributed by atoms with Gasteiger partial charge in [-0.25, -0.2) is 0 Å². The normalized spacial score (nSPS) is 11.7. The van der Waals surface area contributed by atoms with Gasteiger partial charge in [-0.3, -0.25) is 4.57 Å². The molecule has 11 heavy (non-hydrogen) atoms. The van der Waals surface area contributed by atoms with Gasteiger partial charge in [-0.05, 0) is 12.1 Å². The Labute approximate surface area is 79.6 Å². The van der Waals surface area contributed by atoms with Crippen molar-refractivity contribution < 1.29 is 28.6 Å². The maximum atomic E-state index is 11.0. The SMILES string of the molecule is CO[PH](=O)c1ccccc1.[Zn]. The zero-order valence-corrected chi connectivity index (χ0v) is 10.4. The fourth-order valence-electron chi connectivity index (χ4n) is 0.692. The fourth-order valence-corrected chi connectivity index (χ4v) is 1.39. The Bertz CT molecular complexity index is 225. The largest absolute Gasteiger partial charge is 0.331 e. The van der Waals surface area contributed by atoms with Crippen LogP contribution in [0, 0.1) is 0 Å². The molecule has 1 aromatic rings. The van der Waals surface area contributed by atoms with E-state index in [-0.39, 0.29) is 19.5 Å². The molecule has 0 spiro atoms. The maximum absolute atomic E-state index is 11.0. The van der Waals surface area contributed by atoms with E-state index >= 15 is 0 Å². The summed E-state index contributed by atoms with van der Waals surface area (Å²) >= 11 is 0. The molecule has 0 fully saturated rings. The maximum Gasteiger partial charge on any atom is 0.220 e. The van der Waals surface area contributed by atoms with E-state index in [0.29, 0.717) is 0 Å². The molecule has 0 aliphatic carbocycles. The van der Waals surface area contributed by atoms with Crippen molar-refractivity contribution in [2.45, 2.75) is 0 Å². The van der Waals surface area contributed by atoms with Crippen molar-refractivity contribution in [1.82, 2.24) is 0 Å². The van der Waals surface area contributed by atoms with Crippen LogP contribution in [0.1, 0.15) is 0 Å². The first-order valence-electron chi connectivity index (χ1n) is 2.98. The van der Waals surface area contributed by atoms with Gasteiger partial charge in [0.2, 0.25) is 8.03 Å². The van der Waals surface area contributed by atoms with E-state index in [1.54, 1.807) is 12.1 Å². The minimum Gasteiger partial charge on any atom is -0.331 e. The predicted molar refractivity (Wildman–Crippen MR) is 42.1 cm³/mol. The van der Waals surface area contributed by atoms with Crippen LogP contribution >= 0.6 is 8.03 Å². The van der Waals surface area contributed by atoms with Crippen molar-refractivity contribution in [3.63, 3.8) is 0 Å². The van der Waals surface area contributed by atoms with E-state index in [9.17, 15) is 4.57 Å². The van der Waals surface area contributed by atoms with E-state index in [2.05, 4.69) is 4.52 Å². The number of hydrogen-bond acceptors (Lipinski definition) is 2. The quantitative estimate of drug-likeness (QED) is 0.558. The summed E-state index contributed by atoms with van der Waals surface area (Å²) in [6, 6.07) is 9.16. The minimum absolute atomic E-state index is 0. The van der Waals surface area contributed by atoms with Crippen molar-refractivity contribution >= 4 is 13.3 Å². The summed E-state index contributed by atoms with van der Waals surface area (Å²) in [6.07, 6.45) is 0. The standard InChI is InChI=1S/C7H9O2P.Zn/c1-9-10(8)7-5-3-2-4-6-7;/h2-6,10H,1H3;. The van der Waals surface area contributed by atoms with E-state index < -0.39 is 8.03 Å². The van der Waals surface area contributed by atoms with Crippen molar-refractivity contribution in [3.8, 4) is 0 Å². The topological polar surface area (TPSA) is 26.3 Å². The van der Waals surface area contributed by atoms with Gasteiger partial charge >= 0.3 is 0 Å². The van der Waals surface area contributed by atoms with Crippen molar-refractivity contribution in [1.29, 1.82) is 0 Å². The molecule has 0 aromatic heterocycles. The molecule has 0 radical (unpaired) electrons. The van der Waals surface area contributed by atoms with Gasteiger partial charge < -0.3 is 4.52 Å². The van der Waals surface area contributed by atoms with Gasteiger partial charge in [0, 0.05) is 31.9 Å². The van der Waals surface area contributed by atoms with Crippen LogP contribution in [0.4, 0.5) is 0 Å². The molecule has 2 nitrogen and oxygen atoms in total. The molecule has 0 amide bonds. The Hall–Kier alpha value is 0.0334. The fraction of sp³-hybridized carbons (Fsp3) is 0.143. The summed E-state index contributed by atoms with van der Waals surface area (Å²) in [5.74, 6) is 0. The Morgan fingerprint density at radius 2 is 1.82 bits per heavy atom. The molecular formula is C7H9O2PZn. The van der Waals surface area contributed by atoms with Gasteiger partial charge in [0.1, 0.15) is 0 Å². The van der Waals surface area contributed by atoms with Gasteiger partial charge in [0.15, 0.2) is 0 Å². The molecular weight excluding hydrogens is 212 g/mol. The second-order valence-corrected chi connectivity index (χ2v) is 3.42. The van der Waals surface area contributed by atoms with E-state index in [4.69, 9.17) is 0 Å². The Balaban J connectivity index is 0.000001000. The van der Waals surface area contributed by atoms with Gasteiger partial charge in [-0.15, -0.1) is 0 Å². The summed E-state index contributed by atoms with van der Waals surface area (Å²) in [5.41, 5.74) is 0. The van der Waals surface area contributed by atoms with E-state index in [1.807, 2.05) is 18.2 Å². The molecule has 0 saturated heterocycles. The summed E-state index contributed by atoms with van der Waals surface area (Å²) in [4.78, 5) is 0. The molecule has 0 bridgehead atoms. The van der Waals surface area contributed by atoms with Crippen LogP contribution in [0.2, 0.25) is 0 Å². The minimum atomic E-state index is -1.96. The molecule has 1 aromatic carbocycles. The molecule has 56 valence electrons. The molecule has 0 heterocycles. The zero-order valence-electron chi connectivity index (χ0n) is 6.41. The molecule has 1 atom stereocenters. The number of hydrogen-bond donors (Lipinski definition) is 0. The smallest absolute Gasteiger partial charge is 0.220 e. The zero-order chi connectivity index (χ0) is 7.40. The molecule has 0 aliphatic rings. The number of benzene rings is 1. The first-order chi connectivity index (χ1) is 4.84. The third-order valence-corrected chi connectivity index (χ3v) is 2.37. The third kappa shape index (κ3) is 3.29. The Kier molecular flexibility index (Phi) is 5.67. The molecule has 0 N–H and O–H groups in total. The van der Waals surface area contributed by atoms with E-state index in [0.717, 1.165) is 5.30 Å². The third-order valence-electron chi connectivity index (χ3n) is 1.19. The second-order valence-electron chi connectivity index (χ2n) is 1.86. The summed E-state index contributed by atoms with van der Waals surface area (Å²) in [5, 5.41) is 0.773. The van der Waals surface area contributed by atoms with Crippen LogP contribution in [0.3, 0.4) is 0 Å². The molecule has 0 aliphatic heterocycles. The Morgan fingerprint density at radius 1 is 1.27 bits per heavy atom. The van der Waals surface area contributed by atoms with Gasteiger partial charge in [0.05, 0.1) is 0 Å². The molecule has 4 heteroatoms. The van der Waals surface area contributed by atoms with Crippen LogP contribution in [0.25, 0.3) is 0 Å². The monoisotopic (exact) mass is 220 g/mol. The van der Waals surface area contributed by atoms with Crippen molar-refractivity contribution in [3.05, 3.63) is 30.3 Å². The van der Waals surface area contributed by atoms with Gasteiger partial charge in [-0.1, -0.05) is 18.2 Å². The van der Waals surface area contributed by atoms with Gasteiger partial charge in [-0.2, -0.15) is 0 Å². The molecule has 1 unspecified atom stereocenters. The van der Waals surface area contributed by atoms with E-state index in [1.165, 1.54) is 7.11 Å². The van der Waals surface area contributed by atoms with Crippen LogP contribution < -0.4 is 5.30 Å². The van der Waals surface area contributed by atoms with Crippen molar-refractivity contribution in [2.24, 2.45) is 0 Å². The van der Waals surface area contributed by atoms with Crippen LogP contribution in [-0.2, 0) is 28.6 Å². The second kappa shape index (κ2) is 5.65. The average molecular weight is 222 g/mol.